The van der Waals surface area contributed by atoms with Crippen molar-refractivity contribution in [2.24, 2.45) is 4.99 Å². The van der Waals surface area contributed by atoms with Crippen LogP contribution in [0.3, 0.4) is 0 Å². The molecule has 0 aliphatic carbocycles. The lowest BCUT2D eigenvalue weighted by Gasteiger charge is -2.15. The van der Waals surface area contributed by atoms with Gasteiger partial charge >= 0.3 is 0 Å². The van der Waals surface area contributed by atoms with Crippen LogP contribution in [0.2, 0.25) is 0 Å². The highest BCUT2D eigenvalue weighted by molar-refractivity contribution is 7.99. The summed E-state index contributed by atoms with van der Waals surface area (Å²) in [4.78, 5) is 21.1. The normalized spacial score (nSPS) is 12.5. The van der Waals surface area contributed by atoms with Crippen molar-refractivity contribution < 1.29 is 9.18 Å². The molecule has 4 rings (SSSR count). The number of carbonyl (C=O) groups is 1. The lowest BCUT2D eigenvalue weighted by Crippen LogP contribution is -2.26. The molecule has 1 aliphatic heterocycles. The Kier molecular flexibility index (Phi) is 5.01. The van der Waals surface area contributed by atoms with E-state index in [0.29, 0.717) is 23.4 Å². The zero-order valence-corrected chi connectivity index (χ0v) is 16.5. The van der Waals surface area contributed by atoms with Gasteiger partial charge in [-0.15, -0.1) is 0 Å². The fourth-order valence-corrected chi connectivity index (χ4v) is 4.10. The smallest absolute Gasteiger partial charge is 0.253 e. The molecule has 0 aromatic heterocycles. The standard InChI is InChI=1S/C23H19FN2OS/c1-3-26(2)23(27)16-11-12-21-19(14-16)25-22(15-7-6-8-17(24)13-15)18-9-4-5-10-20(18)28-21/h4-14H,3H2,1-2H3. The Bertz CT molecular complexity index is 1090. The maximum atomic E-state index is 13.9. The Morgan fingerprint density at radius 3 is 2.64 bits per heavy atom. The van der Waals surface area contributed by atoms with Gasteiger partial charge in [-0.05, 0) is 43.3 Å². The fourth-order valence-electron chi connectivity index (χ4n) is 3.09. The van der Waals surface area contributed by atoms with Crippen molar-refractivity contribution in [2.45, 2.75) is 16.7 Å². The van der Waals surface area contributed by atoms with Crippen LogP contribution in [0.4, 0.5) is 10.1 Å². The SMILES string of the molecule is CCN(C)C(=O)c1ccc2c(c1)N=C(c1cccc(F)c1)c1ccccc1S2. The van der Waals surface area contributed by atoms with Gasteiger partial charge in [-0.25, -0.2) is 9.38 Å². The second-order valence-corrected chi connectivity index (χ2v) is 7.65. The quantitative estimate of drug-likeness (QED) is 0.459. The topological polar surface area (TPSA) is 32.7 Å². The van der Waals surface area contributed by atoms with Crippen molar-refractivity contribution >= 4 is 29.1 Å². The summed E-state index contributed by atoms with van der Waals surface area (Å²) in [6.45, 7) is 2.57. The molecule has 28 heavy (non-hydrogen) atoms. The predicted molar refractivity (Wildman–Crippen MR) is 111 cm³/mol. The molecule has 0 fully saturated rings. The molecule has 0 atom stereocenters. The summed E-state index contributed by atoms with van der Waals surface area (Å²) >= 11 is 1.61. The number of carbonyl (C=O) groups excluding carboxylic acids is 1. The largest absolute Gasteiger partial charge is 0.342 e. The second kappa shape index (κ2) is 7.60. The molecule has 0 saturated carbocycles. The molecular formula is C23H19FN2OS. The second-order valence-electron chi connectivity index (χ2n) is 6.57. The van der Waals surface area contributed by atoms with E-state index in [9.17, 15) is 9.18 Å². The molecule has 3 aromatic carbocycles. The minimum absolute atomic E-state index is 0.0421. The minimum Gasteiger partial charge on any atom is -0.342 e. The van der Waals surface area contributed by atoms with Crippen molar-refractivity contribution in [2.75, 3.05) is 13.6 Å². The van der Waals surface area contributed by atoms with Crippen LogP contribution < -0.4 is 0 Å². The van der Waals surface area contributed by atoms with Crippen LogP contribution in [0, 0.1) is 5.82 Å². The average Bonchev–Trinajstić information content (AvgIpc) is 2.88. The third-order valence-corrected chi connectivity index (χ3v) is 5.86. The first-order valence-electron chi connectivity index (χ1n) is 9.08. The Hall–Kier alpha value is -2.92. The lowest BCUT2D eigenvalue weighted by molar-refractivity contribution is 0.0802. The van der Waals surface area contributed by atoms with Crippen LogP contribution in [0.15, 0.2) is 81.5 Å². The number of amides is 1. The van der Waals surface area contributed by atoms with Crippen LogP contribution in [0.25, 0.3) is 0 Å². The number of halogens is 1. The van der Waals surface area contributed by atoms with Gasteiger partial charge in [0.1, 0.15) is 5.82 Å². The molecule has 0 bridgehead atoms. The molecule has 5 heteroatoms. The van der Waals surface area contributed by atoms with Gasteiger partial charge in [0.15, 0.2) is 0 Å². The monoisotopic (exact) mass is 390 g/mol. The third kappa shape index (κ3) is 3.45. The van der Waals surface area contributed by atoms with E-state index in [1.807, 2.05) is 55.5 Å². The third-order valence-electron chi connectivity index (χ3n) is 4.72. The van der Waals surface area contributed by atoms with Crippen molar-refractivity contribution in [3.63, 3.8) is 0 Å². The summed E-state index contributed by atoms with van der Waals surface area (Å²) in [6.07, 6.45) is 0. The fraction of sp³-hybridized carbons (Fsp3) is 0.130. The first-order chi connectivity index (χ1) is 13.6. The lowest BCUT2D eigenvalue weighted by atomic mass is 10.0. The summed E-state index contributed by atoms with van der Waals surface area (Å²) in [5.41, 5.74) is 3.68. The Morgan fingerprint density at radius 1 is 1.04 bits per heavy atom. The van der Waals surface area contributed by atoms with Gasteiger partial charge in [-0.3, -0.25) is 4.79 Å². The van der Waals surface area contributed by atoms with Crippen molar-refractivity contribution in [3.8, 4) is 0 Å². The summed E-state index contributed by atoms with van der Waals surface area (Å²) in [5.74, 6) is -0.345. The van der Waals surface area contributed by atoms with Gasteiger partial charge in [0.2, 0.25) is 0 Å². The van der Waals surface area contributed by atoms with E-state index in [1.165, 1.54) is 12.1 Å². The molecular weight excluding hydrogens is 371 g/mol. The Labute approximate surface area is 167 Å². The van der Waals surface area contributed by atoms with E-state index in [0.717, 1.165) is 21.0 Å². The van der Waals surface area contributed by atoms with Crippen LogP contribution in [-0.2, 0) is 0 Å². The minimum atomic E-state index is -0.302. The van der Waals surface area contributed by atoms with E-state index < -0.39 is 0 Å². The molecule has 1 heterocycles. The van der Waals surface area contributed by atoms with E-state index in [4.69, 9.17) is 4.99 Å². The molecule has 1 amide bonds. The zero-order valence-electron chi connectivity index (χ0n) is 15.6. The van der Waals surface area contributed by atoms with Crippen LogP contribution >= 0.6 is 11.8 Å². The van der Waals surface area contributed by atoms with E-state index in [2.05, 4.69) is 0 Å². The van der Waals surface area contributed by atoms with Crippen LogP contribution in [0.5, 0.6) is 0 Å². The number of rotatable bonds is 3. The molecule has 1 aliphatic rings. The van der Waals surface area contributed by atoms with Gasteiger partial charge in [-0.1, -0.05) is 42.1 Å². The van der Waals surface area contributed by atoms with Gasteiger partial charge in [0, 0.05) is 40.1 Å². The molecule has 0 unspecified atom stereocenters. The molecule has 0 spiro atoms. The summed E-state index contributed by atoms with van der Waals surface area (Å²) < 4.78 is 13.9. The number of hydrogen-bond acceptors (Lipinski definition) is 3. The van der Waals surface area contributed by atoms with E-state index in [-0.39, 0.29) is 11.7 Å². The van der Waals surface area contributed by atoms with Crippen LogP contribution in [-0.4, -0.2) is 30.1 Å². The Balaban J connectivity index is 1.90. The van der Waals surface area contributed by atoms with E-state index >= 15 is 0 Å². The van der Waals surface area contributed by atoms with Crippen molar-refractivity contribution in [3.05, 3.63) is 89.2 Å². The summed E-state index contributed by atoms with van der Waals surface area (Å²) in [6, 6.07) is 20.0. The van der Waals surface area contributed by atoms with Gasteiger partial charge in [0.05, 0.1) is 11.4 Å². The van der Waals surface area contributed by atoms with Crippen molar-refractivity contribution in [1.29, 1.82) is 0 Å². The molecule has 140 valence electrons. The summed E-state index contributed by atoms with van der Waals surface area (Å²) in [7, 11) is 1.78. The Morgan fingerprint density at radius 2 is 1.86 bits per heavy atom. The van der Waals surface area contributed by atoms with E-state index in [1.54, 1.807) is 29.8 Å². The maximum Gasteiger partial charge on any atom is 0.253 e. The number of benzene rings is 3. The predicted octanol–water partition coefficient (Wildman–Crippen LogP) is 5.55. The average molecular weight is 390 g/mol. The highest BCUT2D eigenvalue weighted by atomic mass is 32.2. The first-order valence-corrected chi connectivity index (χ1v) is 9.90. The number of aliphatic imine (C=N–C) groups is 1. The molecule has 3 nitrogen and oxygen atoms in total. The van der Waals surface area contributed by atoms with Gasteiger partial charge in [0.25, 0.3) is 5.91 Å². The first kappa shape index (κ1) is 18.4. The van der Waals surface area contributed by atoms with Crippen molar-refractivity contribution in [1.82, 2.24) is 4.90 Å². The van der Waals surface area contributed by atoms with Gasteiger partial charge < -0.3 is 4.90 Å². The van der Waals surface area contributed by atoms with Gasteiger partial charge in [-0.2, -0.15) is 0 Å². The maximum absolute atomic E-state index is 13.9. The van der Waals surface area contributed by atoms with Crippen LogP contribution in [0.1, 0.15) is 28.4 Å². The molecule has 3 aromatic rings. The highest BCUT2D eigenvalue weighted by Crippen LogP contribution is 2.41. The molecule has 0 N–H and O–H groups in total. The number of nitrogens with zero attached hydrogens (tertiary/aromatic N) is 2. The summed E-state index contributed by atoms with van der Waals surface area (Å²) in [5, 5.41) is 0. The molecule has 0 radical (unpaired) electrons. The highest BCUT2D eigenvalue weighted by Gasteiger charge is 2.20. The number of hydrogen-bond donors (Lipinski definition) is 0. The number of fused-ring (bicyclic) bond motifs is 2. The zero-order chi connectivity index (χ0) is 19.7. The molecule has 0 saturated heterocycles.